The number of hydrogen-bond acceptors (Lipinski definition) is 6. The van der Waals surface area contributed by atoms with Gasteiger partial charge in [-0.15, -0.1) is 0 Å². The minimum Gasteiger partial charge on any atom is -0.396 e. The van der Waals surface area contributed by atoms with Crippen molar-refractivity contribution in [3.63, 3.8) is 0 Å². The summed E-state index contributed by atoms with van der Waals surface area (Å²) in [6, 6.07) is 1.49. The van der Waals surface area contributed by atoms with Crippen LogP contribution in [-0.4, -0.2) is 16.0 Å². The fraction of sp³-hybridized carbons (Fsp3) is 0. The van der Waals surface area contributed by atoms with Crippen LogP contribution in [0.25, 0.3) is 0 Å². The molecule has 1 aromatic carbocycles. The molecule has 0 radical (unpaired) electrons. The Morgan fingerprint density at radius 2 is 2.26 bits per heavy atom. The van der Waals surface area contributed by atoms with Crippen LogP contribution in [0.1, 0.15) is 10.4 Å². The van der Waals surface area contributed by atoms with Crippen LogP contribution in [-0.2, 0) is 0 Å². The molecule has 0 atom stereocenters. The lowest BCUT2D eigenvalue weighted by Gasteiger charge is -2.05. The third-order valence-electron chi connectivity index (χ3n) is 2.25. The number of hydrogen-bond donors (Lipinski definition) is 2. The summed E-state index contributed by atoms with van der Waals surface area (Å²) < 4.78 is 17.7. The molecule has 1 amide bonds. The van der Waals surface area contributed by atoms with Crippen molar-refractivity contribution in [3.8, 4) is 0 Å². The number of nitrogen functional groups attached to an aromatic ring is 1. The summed E-state index contributed by atoms with van der Waals surface area (Å²) in [5.41, 5.74) is 4.11. The quantitative estimate of drug-likeness (QED) is 0.493. The van der Waals surface area contributed by atoms with Crippen molar-refractivity contribution in [2.24, 2.45) is 0 Å². The van der Waals surface area contributed by atoms with Crippen LogP contribution < -0.4 is 11.1 Å². The molecule has 0 aliphatic carbocycles. The van der Waals surface area contributed by atoms with E-state index in [9.17, 15) is 19.3 Å². The average molecular weight is 266 g/mol. The number of anilines is 2. The summed E-state index contributed by atoms with van der Waals surface area (Å²) in [4.78, 5) is 21.7. The number of nitro groups is 1. The van der Waals surface area contributed by atoms with E-state index in [1.807, 2.05) is 0 Å². The van der Waals surface area contributed by atoms with Crippen molar-refractivity contribution in [1.82, 2.24) is 5.16 Å². The van der Waals surface area contributed by atoms with Crippen LogP contribution in [0.15, 0.2) is 29.1 Å². The zero-order valence-electron chi connectivity index (χ0n) is 9.29. The van der Waals surface area contributed by atoms with Gasteiger partial charge in [0.05, 0.1) is 22.9 Å². The van der Waals surface area contributed by atoms with Gasteiger partial charge < -0.3 is 15.6 Å². The Bertz CT molecular complexity index is 641. The Balaban J connectivity index is 2.40. The smallest absolute Gasteiger partial charge is 0.285 e. The van der Waals surface area contributed by atoms with E-state index in [0.29, 0.717) is 6.07 Å². The molecule has 1 heterocycles. The molecule has 2 rings (SSSR count). The molecule has 8 nitrogen and oxygen atoms in total. The van der Waals surface area contributed by atoms with Crippen molar-refractivity contribution in [1.29, 1.82) is 0 Å². The number of nitrogens with one attached hydrogen (secondary N) is 1. The molecular weight excluding hydrogens is 259 g/mol. The van der Waals surface area contributed by atoms with Gasteiger partial charge in [0.25, 0.3) is 11.6 Å². The first-order chi connectivity index (χ1) is 8.99. The molecule has 0 fully saturated rings. The Labute approximate surface area is 105 Å². The first-order valence-corrected chi connectivity index (χ1v) is 4.93. The van der Waals surface area contributed by atoms with E-state index < -0.39 is 22.3 Å². The number of nitrogens with zero attached hydrogens (tertiary/aromatic N) is 2. The van der Waals surface area contributed by atoms with Gasteiger partial charge >= 0.3 is 0 Å². The molecule has 3 N–H and O–H groups in total. The van der Waals surface area contributed by atoms with E-state index in [1.54, 1.807) is 0 Å². The number of aromatic nitrogens is 1. The molecule has 0 unspecified atom stereocenters. The van der Waals surface area contributed by atoms with Gasteiger partial charge in [0, 0.05) is 0 Å². The summed E-state index contributed by atoms with van der Waals surface area (Å²) in [5.74, 6) is -1.78. The third-order valence-corrected chi connectivity index (χ3v) is 2.25. The predicted molar refractivity (Wildman–Crippen MR) is 61.9 cm³/mol. The lowest BCUT2D eigenvalue weighted by molar-refractivity contribution is -0.385. The minimum absolute atomic E-state index is 0.210. The van der Waals surface area contributed by atoms with Crippen molar-refractivity contribution >= 4 is 23.0 Å². The highest BCUT2D eigenvalue weighted by Gasteiger charge is 2.23. The molecule has 9 heteroatoms. The maximum Gasteiger partial charge on any atom is 0.285 e. The molecule has 2 aromatic rings. The summed E-state index contributed by atoms with van der Waals surface area (Å²) in [5, 5.41) is 16.4. The number of nitro benzene ring substituents is 1. The highest BCUT2D eigenvalue weighted by molar-refractivity contribution is 6.07. The first kappa shape index (κ1) is 12.5. The monoisotopic (exact) mass is 266 g/mol. The number of carbonyl (C=O) groups excluding carboxylic acids is 1. The van der Waals surface area contributed by atoms with E-state index in [1.165, 1.54) is 6.20 Å². The maximum absolute atomic E-state index is 13.2. The lowest BCUT2D eigenvalue weighted by atomic mass is 10.1. The Hall–Kier alpha value is -2.97. The van der Waals surface area contributed by atoms with Crippen molar-refractivity contribution < 1.29 is 18.6 Å². The predicted octanol–water partition coefficient (Wildman–Crippen LogP) is 1.56. The molecule has 0 aliphatic rings. The van der Waals surface area contributed by atoms with Crippen LogP contribution in [0, 0.1) is 15.9 Å². The van der Waals surface area contributed by atoms with Crippen LogP contribution in [0.2, 0.25) is 0 Å². The van der Waals surface area contributed by atoms with Crippen LogP contribution in [0.3, 0.4) is 0 Å². The van der Waals surface area contributed by atoms with E-state index in [4.69, 9.17) is 5.73 Å². The van der Waals surface area contributed by atoms with Gasteiger partial charge in [-0.2, -0.15) is 0 Å². The van der Waals surface area contributed by atoms with Gasteiger partial charge in [-0.25, -0.2) is 4.39 Å². The maximum atomic E-state index is 13.2. The Morgan fingerprint density at radius 3 is 2.84 bits per heavy atom. The van der Waals surface area contributed by atoms with Gasteiger partial charge in [0.15, 0.2) is 5.82 Å². The SMILES string of the molecule is Nc1cc(C(=O)Nc2cnoc2)c([N+](=O)[O-])cc1F. The number of rotatable bonds is 3. The fourth-order valence-corrected chi connectivity index (χ4v) is 1.38. The first-order valence-electron chi connectivity index (χ1n) is 4.93. The molecule has 0 aliphatic heterocycles. The van der Waals surface area contributed by atoms with Gasteiger partial charge in [-0.1, -0.05) is 5.16 Å². The zero-order chi connectivity index (χ0) is 14.0. The molecule has 0 bridgehead atoms. The number of amides is 1. The van der Waals surface area contributed by atoms with Gasteiger partial charge in [0.2, 0.25) is 0 Å². The number of benzene rings is 1. The molecule has 0 saturated carbocycles. The summed E-state index contributed by atoms with van der Waals surface area (Å²) in [6.07, 6.45) is 2.34. The highest BCUT2D eigenvalue weighted by atomic mass is 19.1. The van der Waals surface area contributed by atoms with Crippen LogP contribution in [0.5, 0.6) is 0 Å². The van der Waals surface area contributed by atoms with Crippen LogP contribution >= 0.6 is 0 Å². The van der Waals surface area contributed by atoms with Gasteiger partial charge in [-0.3, -0.25) is 14.9 Å². The second-order valence-electron chi connectivity index (χ2n) is 3.52. The molecule has 0 saturated heterocycles. The fourth-order valence-electron chi connectivity index (χ4n) is 1.38. The molecule has 19 heavy (non-hydrogen) atoms. The van der Waals surface area contributed by atoms with E-state index in [-0.39, 0.29) is 16.9 Å². The standard InChI is InChI=1S/C10H7FN4O4/c11-7-2-9(15(17)18)6(1-8(7)12)10(16)14-5-3-13-19-4-5/h1-4H,12H2,(H,14,16). The van der Waals surface area contributed by atoms with E-state index in [0.717, 1.165) is 12.3 Å². The Morgan fingerprint density at radius 1 is 1.53 bits per heavy atom. The van der Waals surface area contributed by atoms with E-state index >= 15 is 0 Å². The number of nitrogens with two attached hydrogens (primary N) is 1. The van der Waals surface area contributed by atoms with E-state index in [2.05, 4.69) is 15.0 Å². The largest absolute Gasteiger partial charge is 0.396 e. The third kappa shape index (κ3) is 2.49. The second-order valence-corrected chi connectivity index (χ2v) is 3.52. The average Bonchev–Trinajstić information content (AvgIpc) is 2.84. The summed E-state index contributed by atoms with van der Waals surface area (Å²) in [7, 11) is 0. The molecule has 98 valence electrons. The number of carbonyl (C=O) groups is 1. The summed E-state index contributed by atoms with van der Waals surface area (Å²) >= 11 is 0. The lowest BCUT2D eigenvalue weighted by Crippen LogP contribution is -2.14. The van der Waals surface area contributed by atoms with Crippen LogP contribution in [0.4, 0.5) is 21.5 Å². The van der Waals surface area contributed by atoms with Gasteiger partial charge in [0.1, 0.15) is 17.5 Å². The zero-order valence-corrected chi connectivity index (χ0v) is 9.29. The topological polar surface area (TPSA) is 124 Å². The second kappa shape index (κ2) is 4.72. The molecule has 0 spiro atoms. The Kier molecular flexibility index (Phi) is 3.10. The van der Waals surface area contributed by atoms with Gasteiger partial charge in [-0.05, 0) is 6.07 Å². The summed E-state index contributed by atoms with van der Waals surface area (Å²) in [6.45, 7) is 0. The minimum atomic E-state index is -0.965. The van der Waals surface area contributed by atoms with Crippen molar-refractivity contribution in [2.45, 2.75) is 0 Å². The molecular formula is C10H7FN4O4. The highest BCUT2D eigenvalue weighted by Crippen LogP contribution is 2.25. The normalized spacial score (nSPS) is 10.2. The van der Waals surface area contributed by atoms with Crippen molar-refractivity contribution in [3.05, 3.63) is 46.1 Å². The van der Waals surface area contributed by atoms with Crippen molar-refractivity contribution in [2.75, 3.05) is 11.1 Å². The number of halogens is 1. The molecule has 1 aromatic heterocycles.